The molecule has 0 spiro atoms. The van der Waals surface area contributed by atoms with Crippen LogP contribution in [0.4, 0.5) is 0 Å². The normalized spacial score (nSPS) is 23.2. The molecule has 0 aliphatic carbocycles. The lowest BCUT2D eigenvalue weighted by molar-refractivity contribution is -0.141. The fourth-order valence-corrected chi connectivity index (χ4v) is 4.44. The maximum atomic E-state index is 13.3. The Morgan fingerprint density at radius 1 is 1.21 bits per heavy atom. The summed E-state index contributed by atoms with van der Waals surface area (Å²) in [4.78, 5) is 27.6. The average molecular weight is 406 g/mol. The molecule has 1 aromatic carbocycles. The number of benzene rings is 1. The van der Waals surface area contributed by atoms with Gasteiger partial charge in [0.1, 0.15) is 6.04 Å². The summed E-state index contributed by atoms with van der Waals surface area (Å²) in [5.41, 5.74) is 1.22. The Morgan fingerprint density at radius 2 is 1.86 bits per heavy atom. The van der Waals surface area contributed by atoms with Crippen LogP contribution < -0.4 is 10.6 Å². The Labute approximate surface area is 173 Å². The standard InChI is InChI=1S/C22H32ClN3O2/c1-14(2)19(25-20(27)16-11-24-12-16)21(28)26-10-9-18(22(3,4)13-26)15-5-7-17(23)8-6-15/h5-8,14,16,18-19,24H,9-13H2,1-4H3,(H,25,27)/t18?,19-/m1/s1. The first-order valence-electron chi connectivity index (χ1n) is 10.2. The van der Waals surface area contributed by atoms with E-state index < -0.39 is 6.04 Å². The van der Waals surface area contributed by atoms with Gasteiger partial charge in [0.15, 0.2) is 0 Å². The highest BCUT2D eigenvalue weighted by atomic mass is 35.5. The predicted octanol–water partition coefficient (Wildman–Crippen LogP) is 3.04. The minimum Gasteiger partial charge on any atom is -0.344 e. The van der Waals surface area contributed by atoms with Crippen molar-refractivity contribution in [3.05, 3.63) is 34.9 Å². The van der Waals surface area contributed by atoms with Gasteiger partial charge in [-0.15, -0.1) is 0 Å². The lowest BCUT2D eigenvalue weighted by Crippen LogP contribution is -2.59. The van der Waals surface area contributed by atoms with Crippen LogP contribution in [0.3, 0.4) is 0 Å². The molecule has 2 aliphatic rings. The lowest BCUT2D eigenvalue weighted by Gasteiger charge is -2.46. The third-order valence-electron chi connectivity index (χ3n) is 6.20. The van der Waals surface area contributed by atoms with E-state index in [-0.39, 0.29) is 29.1 Å². The Hall–Kier alpha value is -1.59. The average Bonchev–Trinajstić information content (AvgIpc) is 2.57. The number of piperidine rings is 1. The van der Waals surface area contributed by atoms with E-state index in [1.807, 2.05) is 30.9 Å². The Bertz CT molecular complexity index is 713. The molecule has 0 radical (unpaired) electrons. The molecule has 5 nitrogen and oxygen atoms in total. The topological polar surface area (TPSA) is 61.4 Å². The van der Waals surface area contributed by atoms with Crippen LogP contribution in [0.25, 0.3) is 0 Å². The van der Waals surface area contributed by atoms with Crippen molar-refractivity contribution in [2.45, 2.75) is 46.1 Å². The molecule has 2 fully saturated rings. The number of hydrogen-bond donors (Lipinski definition) is 2. The van der Waals surface area contributed by atoms with Crippen LogP contribution in [0.2, 0.25) is 5.02 Å². The largest absolute Gasteiger partial charge is 0.344 e. The summed E-state index contributed by atoms with van der Waals surface area (Å²) in [7, 11) is 0. The third kappa shape index (κ3) is 4.52. The highest BCUT2D eigenvalue weighted by molar-refractivity contribution is 6.30. The molecule has 2 aliphatic heterocycles. The highest BCUT2D eigenvalue weighted by Crippen LogP contribution is 2.42. The molecule has 1 aromatic rings. The first kappa shape index (κ1) is 21.1. The summed E-state index contributed by atoms with van der Waals surface area (Å²) in [5, 5.41) is 6.86. The van der Waals surface area contributed by atoms with Crippen molar-refractivity contribution >= 4 is 23.4 Å². The lowest BCUT2D eigenvalue weighted by atomic mass is 9.70. The summed E-state index contributed by atoms with van der Waals surface area (Å²) in [6, 6.07) is 7.59. The number of likely N-dealkylation sites (tertiary alicyclic amines) is 1. The van der Waals surface area contributed by atoms with Crippen molar-refractivity contribution in [2.75, 3.05) is 26.2 Å². The summed E-state index contributed by atoms with van der Waals surface area (Å²) < 4.78 is 0. The molecule has 2 N–H and O–H groups in total. The number of carbonyl (C=O) groups is 2. The van der Waals surface area contributed by atoms with Crippen LogP contribution in [0.15, 0.2) is 24.3 Å². The fourth-order valence-electron chi connectivity index (χ4n) is 4.31. The molecule has 0 saturated carbocycles. The van der Waals surface area contributed by atoms with Crippen LogP contribution in [-0.4, -0.2) is 48.9 Å². The number of halogens is 1. The van der Waals surface area contributed by atoms with Crippen molar-refractivity contribution < 1.29 is 9.59 Å². The van der Waals surface area contributed by atoms with E-state index in [4.69, 9.17) is 11.6 Å². The smallest absolute Gasteiger partial charge is 0.245 e. The van der Waals surface area contributed by atoms with Crippen molar-refractivity contribution in [3.8, 4) is 0 Å². The molecule has 1 unspecified atom stereocenters. The Morgan fingerprint density at radius 3 is 2.36 bits per heavy atom. The predicted molar refractivity (Wildman–Crippen MR) is 112 cm³/mol. The minimum atomic E-state index is -0.462. The molecule has 154 valence electrons. The van der Waals surface area contributed by atoms with E-state index >= 15 is 0 Å². The van der Waals surface area contributed by atoms with Gasteiger partial charge in [-0.2, -0.15) is 0 Å². The number of rotatable bonds is 5. The molecule has 2 atom stereocenters. The summed E-state index contributed by atoms with van der Waals surface area (Å²) in [6.07, 6.45) is 0.908. The molecular formula is C22H32ClN3O2. The number of carbonyl (C=O) groups excluding carboxylic acids is 2. The van der Waals surface area contributed by atoms with Crippen LogP contribution in [0.1, 0.15) is 45.6 Å². The monoisotopic (exact) mass is 405 g/mol. The number of amides is 2. The quantitative estimate of drug-likeness (QED) is 0.791. The van der Waals surface area contributed by atoms with Gasteiger partial charge in [0, 0.05) is 31.2 Å². The molecule has 2 saturated heterocycles. The van der Waals surface area contributed by atoms with Gasteiger partial charge < -0.3 is 15.5 Å². The Kier molecular flexibility index (Phi) is 6.35. The zero-order valence-electron chi connectivity index (χ0n) is 17.3. The summed E-state index contributed by atoms with van der Waals surface area (Å²) in [5.74, 6) is 0.448. The summed E-state index contributed by atoms with van der Waals surface area (Å²) in [6.45, 7) is 11.2. The molecular weight excluding hydrogens is 374 g/mol. The van der Waals surface area contributed by atoms with Gasteiger partial charge in [-0.1, -0.05) is 51.4 Å². The Balaban J connectivity index is 1.68. The van der Waals surface area contributed by atoms with Gasteiger partial charge in [-0.3, -0.25) is 9.59 Å². The van der Waals surface area contributed by atoms with Gasteiger partial charge in [0.05, 0.1) is 5.92 Å². The number of nitrogens with zero attached hydrogens (tertiary/aromatic N) is 1. The van der Waals surface area contributed by atoms with Gasteiger partial charge in [-0.25, -0.2) is 0 Å². The fraction of sp³-hybridized carbons (Fsp3) is 0.636. The first-order chi connectivity index (χ1) is 13.2. The van der Waals surface area contributed by atoms with E-state index in [0.29, 0.717) is 32.1 Å². The minimum absolute atomic E-state index is 0.0128. The van der Waals surface area contributed by atoms with E-state index in [1.165, 1.54) is 5.56 Å². The number of hydrogen-bond acceptors (Lipinski definition) is 3. The molecule has 0 bridgehead atoms. The van der Waals surface area contributed by atoms with Crippen LogP contribution >= 0.6 is 11.6 Å². The van der Waals surface area contributed by atoms with Gasteiger partial charge in [0.25, 0.3) is 0 Å². The van der Waals surface area contributed by atoms with Gasteiger partial charge in [0.2, 0.25) is 11.8 Å². The van der Waals surface area contributed by atoms with Crippen molar-refractivity contribution in [2.24, 2.45) is 17.3 Å². The maximum Gasteiger partial charge on any atom is 0.245 e. The molecule has 6 heteroatoms. The zero-order valence-corrected chi connectivity index (χ0v) is 18.1. The molecule has 2 heterocycles. The van der Waals surface area contributed by atoms with Crippen LogP contribution in [0.5, 0.6) is 0 Å². The van der Waals surface area contributed by atoms with E-state index in [9.17, 15) is 9.59 Å². The van der Waals surface area contributed by atoms with Crippen LogP contribution in [0, 0.1) is 17.3 Å². The van der Waals surface area contributed by atoms with E-state index in [2.05, 4.69) is 36.6 Å². The second kappa shape index (κ2) is 8.42. The number of nitrogens with one attached hydrogen (secondary N) is 2. The SMILES string of the molecule is CC(C)[C@@H](NC(=O)C1CNC1)C(=O)N1CCC(c2ccc(Cl)cc2)C(C)(C)C1. The van der Waals surface area contributed by atoms with E-state index in [1.54, 1.807) is 0 Å². The molecule has 3 rings (SSSR count). The molecule has 2 amide bonds. The summed E-state index contributed by atoms with van der Waals surface area (Å²) >= 11 is 6.04. The molecule has 28 heavy (non-hydrogen) atoms. The third-order valence-corrected chi connectivity index (χ3v) is 6.45. The van der Waals surface area contributed by atoms with Crippen molar-refractivity contribution in [1.29, 1.82) is 0 Å². The second-order valence-corrected chi connectivity index (χ2v) is 9.66. The zero-order chi connectivity index (χ0) is 20.5. The maximum absolute atomic E-state index is 13.3. The van der Waals surface area contributed by atoms with Gasteiger partial charge >= 0.3 is 0 Å². The van der Waals surface area contributed by atoms with Crippen molar-refractivity contribution in [3.63, 3.8) is 0 Å². The second-order valence-electron chi connectivity index (χ2n) is 9.23. The van der Waals surface area contributed by atoms with Gasteiger partial charge in [-0.05, 0) is 41.4 Å². The first-order valence-corrected chi connectivity index (χ1v) is 10.6. The highest BCUT2D eigenvalue weighted by Gasteiger charge is 2.41. The van der Waals surface area contributed by atoms with Crippen LogP contribution in [-0.2, 0) is 9.59 Å². The van der Waals surface area contributed by atoms with Crippen molar-refractivity contribution in [1.82, 2.24) is 15.5 Å². The molecule has 0 aromatic heterocycles. The van der Waals surface area contributed by atoms with E-state index in [0.717, 1.165) is 11.4 Å².